The van der Waals surface area contributed by atoms with Crippen LogP contribution in [0.5, 0.6) is 0 Å². The minimum atomic E-state index is -0.627. The Morgan fingerprint density at radius 2 is 2.19 bits per heavy atom. The van der Waals surface area contributed by atoms with Crippen LogP contribution in [0.4, 0.5) is 10.1 Å². The van der Waals surface area contributed by atoms with Crippen molar-refractivity contribution < 1.29 is 9.18 Å². The number of carbonyl (C=O) groups excluding carboxylic acids is 1. The third-order valence-electron chi connectivity index (χ3n) is 2.84. The molecule has 0 fully saturated rings. The fourth-order valence-electron chi connectivity index (χ4n) is 1.88. The maximum absolute atomic E-state index is 13.9. The van der Waals surface area contributed by atoms with Crippen molar-refractivity contribution in [3.63, 3.8) is 0 Å². The molecule has 1 aromatic heterocycles. The highest BCUT2D eigenvalue weighted by molar-refractivity contribution is 7.16. The maximum Gasteiger partial charge on any atom is 0.257 e. The van der Waals surface area contributed by atoms with Crippen LogP contribution in [-0.2, 0) is 6.54 Å². The van der Waals surface area contributed by atoms with E-state index in [0.29, 0.717) is 17.4 Å². The van der Waals surface area contributed by atoms with Crippen LogP contribution >= 0.6 is 22.9 Å². The zero-order valence-electron chi connectivity index (χ0n) is 11.2. The molecule has 0 saturated carbocycles. The summed E-state index contributed by atoms with van der Waals surface area (Å²) in [5.74, 6) is -1.03. The molecule has 110 valence electrons. The van der Waals surface area contributed by atoms with Gasteiger partial charge in [-0.05, 0) is 30.3 Å². The fourth-order valence-corrected chi connectivity index (χ4v) is 2.98. The average Bonchev–Trinajstić information content (AvgIpc) is 2.83. The highest BCUT2D eigenvalue weighted by Gasteiger charge is 2.19. The Kier molecular flexibility index (Phi) is 4.98. The molecule has 1 heterocycles. The molecule has 0 aliphatic heterocycles. The summed E-state index contributed by atoms with van der Waals surface area (Å²) in [6, 6.07) is 7.65. The number of thiophene rings is 1. The van der Waals surface area contributed by atoms with E-state index in [-0.39, 0.29) is 11.3 Å². The third-order valence-corrected chi connectivity index (χ3v) is 4.05. The van der Waals surface area contributed by atoms with Gasteiger partial charge in [-0.25, -0.2) is 4.39 Å². The lowest BCUT2D eigenvalue weighted by Gasteiger charge is -2.20. The van der Waals surface area contributed by atoms with Crippen LogP contribution < -0.4 is 5.73 Å². The number of rotatable bonds is 5. The lowest BCUT2D eigenvalue weighted by atomic mass is 10.1. The molecule has 3 nitrogen and oxygen atoms in total. The summed E-state index contributed by atoms with van der Waals surface area (Å²) >= 11 is 7.27. The highest BCUT2D eigenvalue weighted by Crippen LogP contribution is 2.24. The maximum atomic E-state index is 13.9. The first kappa shape index (κ1) is 15.5. The lowest BCUT2D eigenvalue weighted by Crippen LogP contribution is -2.31. The third kappa shape index (κ3) is 3.83. The normalized spacial score (nSPS) is 10.4. The van der Waals surface area contributed by atoms with Crippen LogP contribution in [0.25, 0.3) is 0 Å². The van der Waals surface area contributed by atoms with Gasteiger partial charge < -0.3 is 10.6 Å². The number of hydrogen-bond donors (Lipinski definition) is 1. The molecule has 2 rings (SSSR count). The minimum Gasteiger partial charge on any atom is -0.399 e. The van der Waals surface area contributed by atoms with E-state index in [1.807, 2.05) is 6.07 Å². The number of nitrogens with two attached hydrogens (primary N) is 1. The van der Waals surface area contributed by atoms with Crippen LogP contribution in [0.1, 0.15) is 15.2 Å². The molecule has 0 bridgehead atoms. The van der Waals surface area contributed by atoms with Crippen molar-refractivity contribution in [2.24, 2.45) is 0 Å². The molecular formula is C15H14ClFN2OS. The number of nitrogens with zero attached hydrogens (tertiary/aromatic N) is 1. The first-order valence-electron chi connectivity index (χ1n) is 6.20. The molecule has 1 amide bonds. The Morgan fingerprint density at radius 1 is 1.43 bits per heavy atom. The Balaban J connectivity index is 2.24. The second-order valence-electron chi connectivity index (χ2n) is 4.42. The summed E-state index contributed by atoms with van der Waals surface area (Å²) in [7, 11) is 0. The molecule has 1 aromatic carbocycles. The number of benzene rings is 1. The van der Waals surface area contributed by atoms with Crippen molar-refractivity contribution in [1.82, 2.24) is 4.90 Å². The molecule has 0 unspecified atom stereocenters. The monoisotopic (exact) mass is 324 g/mol. The molecule has 0 aliphatic rings. The van der Waals surface area contributed by atoms with Crippen molar-refractivity contribution in [2.75, 3.05) is 12.3 Å². The van der Waals surface area contributed by atoms with E-state index in [4.69, 9.17) is 17.3 Å². The average molecular weight is 325 g/mol. The van der Waals surface area contributed by atoms with Gasteiger partial charge in [-0.3, -0.25) is 4.79 Å². The Hall–Kier alpha value is -1.85. The van der Waals surface area contributed by atoms with Gasteiger partial charge in [0.25, 0.3) is 5.91 Å². The standard InChI is InChI=1S/C15H14ClFN2OS/c1-2-7-19(9-11-4-6-14(16)21-11)15(20)12-5-3-10(18)8-13(12)17/h2-6,8H,1,7,9,18H2. The molecule has 6 heteroatoms. The number of halogens is 2. The number of anilines is 1. The molecule has 2 aromatic rings. The van der Waals surface area contributed by atoms with Gasteiger partial charge in [0, 0.05) is 17.1 Å². The Morgan fingerprint density at radius 3 is 2.76 bits per heavy atom. The molecule has 0 saturated heterocycles. The first-order valence-corrected chi connectivity index (χ1v) is 7.40. The molecule has 0 aliphatic carbocycles. The lowest BCUT2D eigenvalue weighted by molar-refractivity contribution is 0.0759. The summed E-state index contributed by atoms with van der Waals surface area (Å²) in [6.07, 6.45) is 1.60. The zero-order valence-corrected chi connectivity index (χ0v) is 12.8. The van der Waals surface area contributed by atoms with Gasteiger partial charge in [0.1, 0.15) is 5.82 Å². The largest absolute Gasteiger partial charge is 0.399 e. The zero-order chi connectivity index (χ0) is 15.4. The van der Waals surface area contributed by atoms with E-state index in [9.17, 15) is 9.18 Å². The van der Waals surface area contributed by atoms with Crippen LogP contribution in [0.15, 0.2) is 43.0 Å². The second-order valence-corrected chi connectivity index (χ2v) is 6.22. The minimum absolute atomic E-state index is 0.00583. The molecule has 0 radical (unpaired) electrons. The molecule has 0 atom stereocenters. The number of nitrogen functional groups attached to an aromatic ring is 1. The van der Waals surface area contributed by atoms with Crippen LogP contribution in [0.2, 0.25) is 4.34 Å². The quantitative estimate of drug-likeness (QED) is 0.668. The predicted octanol–water partition coefficient (Wildman–Crippen LogP) is 3.95. The van der Waals surface area contributed by atoms with Crippen molar-refractivity contribution in [2.45, 2.75) is 6.54 Å². The molecular weight excluding hydrogens is 311 g/mol. The number of hydrogen-bond acceptors (Lipinski definition) is 3. The summed E-state index contributed by atoms with van der Waals surface area (Å²) in [4.78, 5) is 14.9. The second kappa shape index (κ2) is 6.74. The summed E-state index contributed by atoms with van der Waals surface area (Å²) in [5.41, 5.74) is 5.77. The van der Waals surface area contributed by atoms with E-state index in [1.165, 1.54) is 28.4 Å². The molecule has 21 heavy (non-hydrogen) atoms. The van der Waals surface area contributed by atoms with Crippen LogP contribution in [0.3, 0.4) is 0 Å². The predicted molar refractivity (Wildman–Crippen MR) is 85.1 cm³/mol. The summed E-state index contributed by atoms with van der Waals surface area (Å²) in [6.45, 7) is 4.30. The fraction of sp³-hybridized carbons (Fsp3) is 0.133. The summed E-state index contributed by atoms with van der Waals surface area (Å²) < 4.78 is 14.5. The SMILES string of the molecule is C=CCN(Cc1ccc(Cl)s1)C(=O)c1ccc(N)cc1F. The van der Waals surface area contributed by atoms with Crippen LogP contribution in [-0.4, -0.2) is 17.4 Å². The van der Waals surface area contributed by atoms with Crippen molar-refractivity contribution in [3.8, 4) is 0 Å². The van der Waals surface area contributed by atoms with Gasteiger partial charge in [0.2, 0.25) is 0 Å². The number of carbonyl (C=O) groups is 1. The topological polar surface area (TPSA) is 46.3 Å². The van der Waals surface area contributed by atoms with Gasteiger partial charge in [0.15, 0.2) is 0 Å². The van der Waals surface area contributed by atoms with Gasteiger partial charge >= 0.3 is 0 Å². The van der Waals surface area contributed by atoms with Crippen LogP contribution in [0, 0.1) is 5.82 Å². The van der Waals surface area contributed by atoms with E-state index >= 15 is 0 Å². The smallest absolute Gasteiger partial charge is 0.257 e. The molecule has 2 N–H and O–H groups in total. The van der Waals surface area contributed by atoms with E-state index in [0.717, 1.165) is 10.9 Å². The van der Waals surface area contributed by atoms with Gasteiger partial charge in [-0.15, -0.1) is 17.9 Å². The highest BCUT2D eigenvalue weighted by atomic mass is 35.5. The van der Waals surface area contributed by atoms with Gasteiger partial charge in [-0.2, -0.15) is 0 Å². The van der Waals surface area contributed by atoms with Gasteiger partial charge in [0.05, 0.1) is 16.4 Å². The first-order chi connectivity index (χ1) is 10.0. The van der Waals surface area contributed by atoms with Crippen molar-refractivity contribution in [1.29, 1.82) is 0 Å². The Labute approximate surface area is 131 Å². The van der Waals surface area contributed by atoms with E-state index in [1.54, 1.807) is 12.1 Å². The van der Waals surface area contributed by atoms with Crippen molar-refractivity contribution >= 4 is 34.5 Å². The van der Waals surface area contributed by atoms with E-state index < -0.39 is 11.7 Å². The van der Waals surface area contributed by atoms with Gasteiger partial charge in [-0.1, -0.05) is 17.7 Å². The summed E-state index contributed by atoms with van der Waals surface area (Å²) in [5, 5.41) is 0. The van der Waals surface area contributed by atoms with Crippen molar-refractivity contribution in [3.05, 3.63) is 63.6 Å². The van der Waals surface area contributed by atoms with E-state index in [2.05, 4.69) is 6.58 Å². The Bertz CT molecular complexity index is 671. The molecule has 0 spiro atoms. The number of amides is 1.